The molecule has 0 bridgehead atoms. The van der Waals surface area contributed by atoms with Gasteiger partial charge in [0.05, 0.1) is 0 Å². The molecule has 1 heterocycles. The van der Waals surface area contributed by atoms with Crippen molar-refractivity contribution in [2.24, 2.45) is 5.73 Å². The first-order valence-electron chi connectivity index (χ1n) is 20.0. The van der Waals surface area contributed by atoms with Gasteiger partial charge in [-0.15, -0.1) is 0 Å². The summed E-state index contributed by atoms with van der Waals surface area (Å²) >= 11 is 0. The standard InChI is InChI=1S/C35H27NO.C21H20/c1-2-8-24(15-7-18-36)25-11-5-12-26(19-25)27-13-6-14-28(20-27)31-16-17-34-32(22-31)33-21-29-9-3-4-10-30(29)23-35(33)37-34;1-3-18-11-9-16(14-19(18)4-2)13-17-10-12-20-7-5-6-8-21(20)15-17/h2-23H,36H2,1H3;3,5-12,14-15H,1,4,13H2,2H3/b8-2+,18-7-,24-15+;. The van der Waals surface area contributed by atoms with Crippen molar-refractivity contribution < 1.29 is 4.42 Å². The Balaban J connectivity index is 0.000000189. The molecule has 8 aromatic carbocycles. The Kier molecular flexibility index (Phi) is 11.3. The predicted molar refractivity (Wildman–Crippen MR) is 251 cm³/mol. The Morgan fingerprint density at radius 1 is 0.586 bits per heavy atom. The van der Waals surface area contributed by atoms with Crippen LogP contribution in [0.1, 0.15) is 41.7 Å². The highest BCUT2D eigenvalue weighted by atomic mass is 16.3. The number of nitrogens with two attached hydrogens (primary N) is 1. The summed E-state index contributed by atoms with van der Waals surface area (Å²) in [5.74, 6) is 0. The van der Waals surface area contributed by atoms with Gasteiger partial charge in [-0.3, -0.25) is 0 Å². The molecule has 0 aliphatic carbocycles. The highest BCUT2D eigenvalue weighted by Gasteiger charge is 2.11. The van der Waals surface area contributed by atoms with Crippen LogP contribution >= 0.6 is 0 Å². The molecule has 0 spiro atoms. The van der Waals surface area contributed by atoms with Gasteiger partial charge in [-0.25, -0.2) is 0 Å². The van der Waals surface area contributed by atoms with E-state index in [1.807, 2.05) is 31.2 Å². The van der Waals surface area contributed by atoms with E-state index in [-0.39, 0.29) is 0 Å². The molecular weight excluding hydrogens is 703 g/mol. The molecule has 0 aliphatic heterocycles. The zero-order chi connectivity index (χ0) is 39.8. The highest BCUT2D eigenvalue weighted by molar-refractivity contribution is 6.11. The lowest BCUT2D eigenvalue weighted by Crippen LogP contribution is -1.93. The van der Waals surface area contributed by atoms with Crippen molar-refractivity contribution in [1.82, 2.24) is 0 Å². The van der Waals surface area contributed by atoms with E-state index >= 15 is 0 Å². The number of benzene rings is 8. The fourth-order valence-electron chi connectivity index (χ4n) is 7.84. The Hall–Kier alpha value is -7.16. The predicted octanol–water partition coefficient (Wildman–Crippen LogP) is 15.1. The second kappa shape index (κ2) is 17.3. The molecular formula is C56H47NO. The zero-order valence-electron chi connectivity index (χ0n) is 33.2. The van der Waals surface area contributed by atoms with Gasteiger partial charge in [-0.2, -0.15) is 0 Å². The minimum atomic E-state index is 0.910. The Morgan fingerprint density at radius 2 is 1.22 bits per heavy atom. The molecule has 2 nitrogen and oxygen atoms in total. The molecule has 0 saturated carbocycles. The summed E-state index contributed by atoms with van der Waals surface area (Å²) in [5, 5.41) is 7.31. The first-order valence-corrected chi connectivity index (χ1v) is 20.0. The third-order valence-electron chi connectivity index (χ3n) is 10.8. The van der Waals surface area contributed by atoms with Gasteiger partial charge in [0.15, 0.2) is 0 Å². The summed E-state index contributed by atoms with van der Waals surface area (Å²) in [6, 6.07) is 58.6. The van der Waals surface area contributed by atoms with Crippen LogP contribution in [0.25, 0.3) is 77.4 Å². The fourth-order valence-corrected chi connectivity index (χ4v) is 7.84. The highest BCUT2D eigenvalue weighted by Crippen LogP contribution is 2.36. The Bertz CT molecular complexity index is 3010. The normalized spacial score (nSPS) is 11.9. The lowest BCUT2D eigenvalue weighted by molar-refractivity contribution is 0.669. The maximum Gasteiger partial charge on any atom is 0.136 e. The average molecular weight is 750 g/mol. The molecule has 9 aromatic rings. The van der Waals surface area contributed by atoms with E-state index in [9.17, 15) is 0 Å². The molecule has 9 rings (SSSR count). The van der Waals surface area contributed by atoms with Gasteiger partial charge in [0.25, 0.3) is 0 Å². The molecule has 0 aliphatic rings. The first kappa shape index (κ1) is 37.7. The maximum atomic E-state index is 6.20. The number of rotatable bonds is 9. The molecule has 2 heteroatoms. The van der Waals surface area contributed by atoms with Crippen molar-refractivity contribution >= 4 is 55.1 Å². The van der Waals surface area contributed by atoms with E-state index in [0.29, 0.717) is 0 Å². The van der Waals surface area contributed by atoms with Crippen molar-refractivity contribution in [3.63, 3.8) is 0 Å². The van der Waals surface area contributed by atoms with E-state index in [2.05, 4.69) is 183 Å². The molecule has 58 heavy (non-hydrogen) atoms. The summed E-state index contributed by atoms with van der Waals surface area (Å²) in [4.78, 5) is 0. The molecule has 0 fully saturated rings. The summed E-state index contributed by atoms with van der Waals surface area (Å²) in [7, 11) is 0. The average Bonchev–Trinajstić information content (AvgIpc) is 3.63. The molecule has 0 amide bonds. The molecule has 0 unspecified atom stereocenters. The van der Waals surface area contributed by atoms with E-state index in [4.69, 9.17) is 10.2 Å². The van der Waals surface area contributed by atoms with Crippen molar-refractivity contribution in [3.8, 4) is 22.3 Å². The van der Waals surface area contributed by atoms with Crippen LogP contribution in [0, 0.1) is 0 Å². The van der Waals surface area contributed by atoms with Gasteiger partial charge in [0.1, 0.15) is 11.2 Å². The van der Waals surface area contributed by atoms with Gasteiger partial charge in [-0.1, -0.05) is 165 Å². The summed E-state index contributed by atoms with van der Waals surface area (Å²) in [5.41, 5.74) is 19.7. The monoisotopic (exact) mass is 749 g/mol. The van der Waals surface area contributed by atoms with Gasteiger partial charge in [0, 0.05) is 10.8 Å². The largest absolute Gasteiger partial charge is 0.456 e. The summed E-state index contributed by atoms with van der Waals surface area (Å²) < 4.78 is 6.20. The number of aryl methyl sites for hydroxylation is 1. The summed E-state index contributed by atoms with van der Waals surface area (Å²) in [6.07, 6.45) is 13.6. The Labute approximate surface area is 341 Å². The second-order valence-electron chi connectivity index (χ2n) is 14.6. The third kappa shape index (κ3) is 8.19. The minimum Gasteiger partial charge on any atom is -0.456 e. The topological polar surface area (TPSA) is 39.2 Å². The molecule has 1 aromatic heterocycles. The van der Waals surface area contributed by atoms with Crippen LogP contribution in [0.3, 0.4) is 0 Å². The fraction of sp³-hybridized carbons (Fsp3) is 0.0714. The van der Waals surface area contributed by atoms with Crippen molar-refractivity contribution in [2.45, 2.75) is 26.7 Å². The lowest BCUT2D eigenvalue weighted by atomic mass is 9.95. The van der Waals surface area contributed by atoms with Crippen LogP contribution < -0.4 is 5.73 Å². The van der Waals surface area contributed by atoms with Crippen LogP contribution in [0.15, 0.2) is 205 Å². The molecule has 282 valence electrons. The van der Waals surface area contributed by atoms with E-state index in [1.54, 1.807) is 6.20 Å². The van der Waals surface area contributed by atoms with Crippen LogP contribution in [0.4, 0.5) is 0 Å². The van der Waals surface area contributed by atoms with Gasteiger partial charge < -0.3 is 10.2 Å². The summed E-state index contributed by atoms with van der Waals surface area (Å²) in [6.45, 7) is 8.11. The number of hydrogen-bond donors (Lipinski definition) is 1. The van der Waals surface area contributed by atoms with Crippen LogP contribution in [0.2, 0.25) is 0 Å². The molecule has 0 radical (unpaired) electrons. The van der Waals surface area contributed by atoms with Crippen LogP contribution in [0.5, 0.6) is 0 Å². The number of furan rings is 1. The van der Waals surface area contributed by atoms with Crippen molar-refractivity contribution in [3.05, 3.63) is 229 Å². The smallest absolute Gasteiger partial charge is 0.136 e. The molecule has 2 N–H and O–H groups in total. The Morgan fingerprint density at radius 3 is 1.95 bits per heavy atom. The number of fused-ring (bicyclic) bond motifs is 5. The van der Waals surface area contributed by atoms with Gasteiger partial charge in [0.2, 0.25) is 0 Å². The zero-order valence-corrected chi connectivity index (χ0v) is 33.2. The SMILES string of the molecule is C/C=C/C(=C\C=C/N)c1cccc(-c2cccc(-c3ccc4oc5cc6ccccc6cc5c4c3)c2)c1.C=Cc1ccc(Cc2ccc3ccccc3c2)cc1CC. The minimum absolute atomic E-state index is 0.910. The first-order chi connectivity index (χ1) is 28.5. The molecule has 0 saturated heterocycles. The van der Waals surface area contributed by atoms with E-state index in [1.165, 1.54) is 66.1 Å². The number of allylic oxidation sites excluding steroid dienone is 5. The molecule has 0 atom stereocenters. The lowest BCUT2D eigenvalue weighted by Gasteiger charge is -2.09. The second-order valence-corrected chi connectivity index (χ2v) is 14.6. The van der Waals surface area contributed by atoms with E-state index in [0.717, 1.165) is 45.9 Å². The van der Waals surface area contributed by atoms with Crippen LogP contribution in [-0.4, -0.2) is 0 Å². The van der Waals surface area contributed by atoms with Crippen molar-refractivity contribution in [1.29, 1.82) is 0 Å². The van der Waals surface area contributed by atoms with E-state index < -0.39 is 0 Å². The van der Waals surface area contributed by atoms with Gasteiger partial charge in [-0.05, 0) is 146 Å². The van der Waals surface area contributed by atoms with Crippen molar-refractivity contribution in [2.75, 3.05) is 0 Å². The van der Waals surface area contributed by atoms with Gasteiger partial charge >= 0.3 is 0 Å². The van der Waals surface area contributed by atoms with Crippen LogP contribution in [-0.2, 0) is 12.8 Å². The maximum absolute atomic E-state index is 6.20. The quantitative estimate of drug-likeness (QED) is 0.149. The number of hydrogen-bond acceptors (Lipinski definition) is 2. The third-order valence-corrected chi connectivity index (χ3v) is 10.8.